The average molecular weight is 315 g/mol. The SMILES string of the molecule is COC(=N)c1c(C(=O)O)cc(C)nc1Nc1ccc(OC)cc1. The van der Waals surface area contributed by atoms with Crippen LogP contribution in [0.2, 0.25) is 0 Å². The topological polar surface area (TPSA) is 105 Å². The van der Waals surface area contributed by atoms with Crippen LogP contribution in [0.4, 0.5) is 11.5 Å². The summed E-state index contributed by atoms with van der Waals surface area (Å²) in [5.74, 6) is -0.473. The Hall–Kier alpha value is -3.09. The molecule has 0 atom stereocenters. The number of benzene rings is 1. The molecule has 0 radical (unpaired) electrons. The monoisotopic (exact) mass is 315 g/mol. The summed E-state index contributed by atoms with van der Waals surface area (Å²) in [6.45, 7) is 1.69. The van der Waals surface area contributed by atoms with Gasteiger partial charge in [-0.2, -0.15) is 0 Å². The van der Waals surface area contributed by atoms with Crippen molar-refractivity contribution in [3.63, 3.8) is 0 Å². The Kier molecular flexibility index (Phi) is 4.80. The smallest absolute Gasteiger partial charge is 0.336 e. The summed E-state index contributed by atoms with van der Waals surface area (Å²) in [5.41, 5.74) is 1.26. The first kappa shape index (κ1) is 16.3. The minimum Gasteiger partial charge on any atom is -0.497 e. The molecule has 2 rings (SSSR count). The molecule has 0 aliphatic carbocycles. The van der Waals surface area contributed by atoms with Gasteiger partial charge in [0.05, 0.1) is 25.3 Å². The number of carboxylic acids is 1. The molecule has 0 amide bonds. The van der Waals surface area contributed by atoms with E-state index < -0.39 is 5.97 Å². The van der Waals surface area contributed by atoms with Gasteiger partial charge in [0.25, 0.3) is 0 Å². The summed E-state index contributed by atoms with van der Waals surface area (Å²) in [6.07, 6.45) is 0. The Bertz CT molecular complexity index is 742. The van der Waals surface area contributed by atoms with Crippen molar-refractivity contribution in [2.75, 3.05) is 19.5 Å². The normalized spacial score (nSPS) is 10.0. The molecule has 120 valence electrons. The number of aromatic nitrogens is 1. The lowest BCUT2D eigenvalue weighted by atomic mass is 10.1. The largest absolute Gasteiger partial charge is 0.497 e. The van der Waals surface area contributed by atoms with E-state index in [-0.39, 0.29) is 22.8 Å². The van der Waals surface area contributed by atoms with E-state index in [1.165, 1.54) is 13.2 Å². The van der Waals surface area contributed by atoms with E-state index in [2.05, 4.69) is 10.3 Å². The Morgan fingerprint density at radius 3 is 2.43 bits per heavy atom. The van der Waals surface area contributed by atoms with E-state index in [1.54, 1.807) is 38.3 Å². The molecule has 0 spiro atoms. The Labute approximate surface area is 133 Å². The highest BCUT2D eigenvalue weighted by molar-refractivity contribution is 6.07. The fourth-order valence-corrected chi connectivity index (χ4v) is 2.08. The van der Waals surface area contributed by atoms with Crippen molar-refractivity contribution in [2.24, 2.45) is 0 Å². The van der Waals surface area contributed by atoms with Gasteiger partial charge in [0.15, 0.2) is 0 Å². The van der Waals surface area contributed by atoms with Crippen molar-refractivity contribution in [3.8, 4) is 5.75 Å². The van der Waals surface area contributed by atoms with Gasteiger partial charge in [0.2, 0.25) is 5.90 Å². The summed E-state index contributed by atoms with van der Waals surface area (Å²) in [4.78, 5) is 15.8. The second-order valence-corrected chi connectivity index (χ2v) is 4.73. The van der Waals surface area contributed by atoms with E-state index in [0.717, 1.165) is 0 Å². The van der Waals surface area contributed by atoms with Crippen LogP contribution in [0.1, 0.15) is 21.6 Å². The lowest BCUT2D eigenvalue weighted by molar-refractivity contribution is 0.0696. The van der Waals surface area contributed by atoms with E-state index >= 15 is 0 Å². The van der Waals surface area contributed by atoms with Crippen molar-refractivity contribution >= 4 is 23.4 Å². The first-order valence-corrected chi connectivity index (χ1v) is 6.75. The molecular weight excluding hydrogens is 298 g/mol. The fraction of sp³-hybridized carbons (Fsp3) is 0.188. The van der Waals surface area contributed by atoms with Crippen molar-refractivity contribution in [2.45, 2.75) is 6.92 Å². The predicted molar refractivity (Wildman–Crippen MR) is 86.0 cm³/mol. The van der Waals surface area contributed by atoms with Crippen LogP contribution < -0.4 is 10.1 Å². The molecular formula is C16H17N3O4. The molecule has 3 N–H and O–H groups in total. The third-order valence-corrected chi connectivity index (χ3v) is 3.16. The van der Waals surface area contributed by atoms with Gasteiger partial charge in [0, 0.05) is 11.4 Å². The van der Waals surface area contributed by atoms with Gasteiger partial charge in [-0.05, 0) is 37.3 Å². The maximum absolute atomic E-state index is 11.5. The van der Waals surface area contributed by atoms with Gasteiger partial charge in [-0.25, -0.2) is 9.78 Å². The second kappa shape index (κ2) is 6.78. The molecule has 7 heteroatoms. The standard InChI is InChI=1S/C16H17N3O4/c1-9-8-12(16(20)21)13(14(17)23-3)15(18-9)19-10-4-6-11(22-2)7-5-10/h4-8,17H,1-3H3,(H,18,19)(H,20,21). The molecule has 7 nitrogen and oxygen atoms in total. The van der Waals surface area contributed by atoms with Gasteiger partial charge in [-0.15, -0.1) is 0 Å². The second-order valence-electron chi connectivity index (χ2n) is 4.73. The van der Waals surface area contributed by atoms with Gasteiger partial charge in [0.1, 0.15) is 11.6 Å². The third kappa shape index (κ3) is 3.57. The molecule has 0 aliphatic heterocycles. The lowest BCUT2D eigenvalue weighted by Crippen LogP contribution is -2.15. The molecule has 1 aromatic heterocycles. The number of aromatic carboxylic acids is 1. The zero-order chi connectivity index (χ0) is 17.0. The van der Waals surface area contributed by atoms with Crippen LogP contribution in [0.5, 0.6) is 5.75 Å². The number of hydrogen-bond acceptors (Lipinski definition) is 6. The maximum Gasteiger partial charge on any atom is 0.336 e. The summed E-state index contributed by atoms with van der Waals surface area (Å²) in [7, 11) is 2.88. The van der Waals surface area contributed by atoms with Crippen LogP contribution in [0.3, 0.4) is 0 Å². The van der Waals surface area contributed by atoms with Crippen molar-refractivity contribution in [3.05, 3.63) is 47.2 Å². The van der Waals surface area contributed by atoms with Crippen LogP contribution >= 0.6 is 0 Å². The number of rotatable bonds is 5. The van der Waals surface area contributed by atoms with Crippen molar-refractivity contribution in [1.82, 2.24) is 4.98 Å². The number of methoxy groups -OCH3 is 2. The lowest BCUT2D eigenvalue weighted by Gasteiger charge is -2.15. The molecule has 1 heterocycles. The first-order valence-electron chi connectivity index (χ1n) is 6.75. The highest BCUT2D eigenvalue weighted by atomic mass is 16.5. The van der Waals surface area contributed by atoms with Crippen LogP contribution in [0.15, 0.2) is 30.3 Å². The number of hydrogen-bond donors (Lipinski definition) is 3. The molecule has 0 unspecified atom stereocenters. The highest BCUT2D eigenvalue weighted by Gasteiger charge is 2.21. The van der Waals surface area contributed by atoms with Gasteiger partial charge in [-0.1, -0.05) is 0 Å². The third-order valence-electron chi connectivity index (χ3n) is 3.16. The maximum atomic E-state index is 11.5. The van der Waals surface area contributed by atoms with Crippen LogP contribution in [-0.2, 0) is 4.74 Å². The van der Waals surface area contributed by atoms with Crippen molar-refractivity contribution in [1.29, 1.82) is 5.41 Å². The number of pyridine rings is 1. The Morgan fingerprint density at radius 2 is 1.91 bits per heavy atom. The van der Waals surface area contributed by atoms with Crippen LogP contribution in [-0.4, -0.2) is 36.2 Å². The molecule has 1 aromatic carbocycles. The highest BCUT2D eigenvalue weighted by Crippen LogP contribution is 2.25. The molecule has 2 aromatic rings. The average Bonchev–Trinajstić information content (AvgIpc) is 2.54. The summed E-state index contributed by atoms with van der Waals surface area (Å²) in [5, 5.41) is 20.3. The van der Waals surface area contributed by atoms with Gasteiger partial charge in [-0.3, -0.25) is 5.41 Å². The number of carbonyl (C=O) groups is 1. The van der Waals surface area contributed by atoms with E-state index in [4.69, 9.17) is 14.9 Å². The van der Waals surface area contributed by atoms with E-state index in [9.17, 15) is 9.90 Å². The van der Waals surface area contributed by atoms with Gasteiger partial charge >= 0.3 is 5.97 Å². The summed E-state index contributed by atoms with van der Waals surface area (Å²) in [6, 6.07) is 8.46. The number of carboxylic acid groups (broad SMARTS) is 1. The van der Waals surface area contributed by atoms with Crippen molar-refractivity contribution < 1.29 is 19.4 Å². The Morgan fingerprint density at radius 1 is 1.26 bits per heavy atom. The summed E-state index contributed by atoms with van der Waals surface area (Å²) >= 11 is 0. The minimum atomic E-state index is -1.15. The molecule has 0 saturated heterocycles. The molecule has 23 heavy (non-hydrogen) atoms. The van der Waals surface area contributed by atoms with Gasteiger partial charge < -0.3 is 19.9 Å². The minimum absolute atomic E-state index is 0.0413. The molecule has 0 saturated carbocycles. The van der Waals surface area contributed by atoms with E-state index in [1.807, 2.05) is 0 Å². The number of nitrogens with one attached hydrogen (secondary N) is 2. The number of ether oxygens (including phenoxy) is 2. The zero-order valence-corrected chi connectivity index (χ0v) is 13.0. The molecule has 0 aliphatic rings. The first-order chi connectivity index (χ1) is 11.0. The zero-order valence-electron chi connectivity index (χ0n) is 13.0. The quantitative estimate of drug-likeness (QED) is 0.579. The molecule has 0 fully saturated rings. The van der Waals surface area contributed by atoms with Crippen LogP contribution in [0, 0.1) is 12.3 Å². The predicted octanol–water partition coefficient (Wildman–Crippen LogP) is 2.81. The summed E-state index contributed by atoms with van der Waals surface area (Å²) < 4.78 is 9.99. The number of nitrogens with zero attached hydrogens (tertiary/aromatic N) is 1. The number of aryl methyl sites for hydroxylation is 1. The molecule has 0 bridgehead atoms. The van der Waals surface area contributed by atoms with Crippen LogP contribution in [0.25, 0.3) is 0 Å². The fourth-order valence-electron chi connectivity index (χ4n) is 2.08. The Balaban J connectivity index is 2.50. The van der Waals surface area contributed by atoms with E-state index in [0.29, 0.717) is 17.1 Å². The number of anilines is 2.